The molecular weight excluding hydrogens is 268 g/mol. The molecule has 0 saturated carbocycles. The van der Waals surface area contributed by atoms with Crippen LogP contribution in [0.4, 0.5) is 0 Å². The summed E-state index contributed by atoms with van der Waals surface area (Å²) in [5.41, 5.74) is 1.99. The first-order valence-electron chi connectivity index (χ1n) is 6.91. The summed E-state index contributed by atoms with van der Waals surface area (Å²) in [5.74, 6) is 0. The Morgan fingerprint density at radius 3 is 2.14 bits per heavy atom. The van der Waals surface area contributed by atoms with Gasteiger partial charge in [0.1, 0.15) is 0 Å². The number of hydrogen-bond donors (Lipinski definition) is 0. The van der Waals surface area contributed by atoms with Gasteiger partial charge in [-0.15, -0.1) is 0 Å². The van der Waals surface area contributed by atoms with E-state index >= 15 is 0 Å². The Kier molecular flexibility index (Phi) is 2.36. The average Bonchev–Trinajstić information content (AvgIpc) is 2.85. The van der Waals surface area contributed by atoms with Crippen LogP contribution in [0.3, 0.4) is 0 Å². The van der Waals surface area contributed by atoms with Gasteiger partial charge in [0.05, 0.1) is 0 Å². The van der Waals surface area contributed by atoms with Crippen molar-refractivity contribution in [2.75, 3.05) is 6.79 Å². The van der Waals surface area contributed by atoms with E-state index in [9.17, 15) is 0 Å². The number of hydrogen-bond acceptors (Lipinski definition) is 4. The Bertz CT molecular complexity index is 787. The van der Waals surface area contributed by atoms with E-state index in [1.54, 1.807) is 0 Å². The average molecular weight is 280 g/mol. The largest absolute Gasteiger partial charge is 0.319 e. The lowest BCUT2D eigenvalue weighted by Crippen LogP contribution is -2.08. The molecule has 0 spiro atoms. The fourth-order valence-corrected chi connectivity index (χ4v) is 3.25. The van der Waals surface area contributed by atoms with E-state index in [4.69, 9.17) is 19.2 Å². The number of fused-ring (bicyclic) bond motifs is 4. The van der Waals surface area contributed by atoms with Gasteiger partial charge in [-0.1, -0.05) is 48.5 Å². The Morgan fingerprint density at radius 1 is 0.762 bits per heavy atom. The fraction of sp³-hybridized carbons (Fsp3) is 0.176. The van der Waals surface area contributed by atoms with Crippen LogP contribution < -0.4 is 0 Å². The second kappa shape index (κ2) is 4.26. The first-order valence-corrected chi connectivity index (χ1v) is 6.91. The molecule has 3 aromatic carbocycles. The first kappa shape index (κ1) is 11.7. The minimum absolute atomic E-state index is 0.0513. The van der Waals surface area contributed by atoms with E-state index in [1.165, 1.54) is 10.8 Å². The van der Waals surface area contributed by atoms with Crippen molar-refractivity contribution >= 4 is 21.5 Å². The van der Waals surface area contributed by atoms with Gasteiger partial charge in [-0.05, 0) is 21.5 Å². The molecule has 4 heteroatoms. The molecule has 0 aromatic heterocycles. The predicted molar refractivity (Wildman–Crippen MR) is 76.1 cm³/mol. The monoisotopic (exact) mass is 280 g/mol. The van der Waals surface area contributed by atoms with Crippen molar-refractivity contribution in [1.29, 1.82) is 0 Å². The minimum atomic E-state index is -0.584. The molecule has 1 saturated heterocycles. The normalized spacial score (nSPS) is 24.2. The van der Waals surface area contributed by atoms with Crippen LogP contribution in [0, 0.1) is 0 Å². The fourth-order valence-electron chi connectivity index (χ4n) is 3.25. The van der Waals surface area contributed by atoms with Crippen LogP contribution in [-0.2, 0) is 19.2 Å². The van der Waals surface area contributed by atoms with Crippen LogP contribution in [-0.4, -0.2) is 6.79 Å². The second-order valence-corrected chi connectivity index (χ2v) is 5.25. The van der Waals surface area contributed by atoms with Crippen LogP contribution in [0.5, 0.6) is 0 Å². The molecule has 2 heterocycles. The summed E-state index contributed by atoms with van der Waals surface area (Å²) in [6.45, 7) is 0.0513. The third-order valence-electron chi connectivity index (χ3n) is 4.13. The molecule has 0 aliphatic carbocycles. The molecule has 0 N–H and O–H groups in total. The van der Waals surface area contributed by atoms with Crippen LogP contribution >= 0.6 is 0 Å². The summed E-state index contributed by atoms with van der Waals surface area (Å²) >= 11 is 0. The lowest BCUT2D eigenvalue weighted by molar-refractivity contribution is -0.375. The lowest BCUT2D eigenvalue weighted by Gasteiger charge is -2.16. The van der Waals surface area contributed by atoms with E-state index in [0.29, 0.717) is 0 Å². The van der Waals surface area contributed by atoms with Gasteiger partial charge < -0.3 is 9.47 Å². The van der Waals surface area contributed by atoms with Gasteiger partial charge in [-0.3, -0.25) is 0 Å². The topological polar surface area (TPSA) is 36.9 Å². The molecule has 5 rings (SSSR count). The molecule has 2 aliphatic heterocycles. The molecule has 1 fully saturated rings. The molecular formula is C17H12O4. The summed E-state index contributed by atoms with van der Waals surface area (Å²) in [5, 5.41) is 4.65. The molecule has 104 valence electrons. The second-order valence-electron chi connectivity index (χ2n) is 5.25. The highest BCUT2D eigenvalue weighted by atomic mass is 17.3. The third kappa shape index (κ3) is 1.58. The van der Waals surface area contributed by atoms with Crippen LogP contribution in [0.25, 0.3) is 21.5 Å². The van der Waals surface area contributed by atoms with E-state index in [0.717, 1.165) is 21.9 Å². The zero-order valence-corrected chi connectivity index (χ0v) is 11.1. The van der Waals surface area contributed by atoms with Crippen molar-refractivity contribution in [2.45, 2.75) is 12.6 Å². The van der Waals surface area contributed by atoms with Gasteiger partial charge in [0.25, 0.3) is 0 Å². The molecule has 0 amide bonds. The van der Waals surface area contributed by atoms with Crippen molar-refractivity contribution in [3.8, 4) is 0 Å². The van der Waals surface area contributed by atoms with Crippen molar-refractivity contribution in [3.05, 3.63) is 59.7 Å². The SMILES string of the molecule is c1cc2c3c(c1)ccc1cccc(c13)[C@H]1OCOO[C@@H]2O1. The molecule has 0 unspecified atom stereocenters. The van der Waals surface area contributed by atoms with Crippen molar-refractivity contribution < 1.29 is 19.2 Å². The quantitative estimate of drug-likeness (QED) is 0.461. The van der Waals surface area contributed by atoms with E-state index in [-0.39, 0.29) is 6.79 Å². The number of ether oxygens (including phenoxy) is 2. The Labute approximate surface area is 120 Å². The highest BCUT2D eigenvalue weighted by molar-refractivity contribution is 6.11. The van der Waals surface area contributed by atoms with Crippen LogP contribution in [0.2, 0.25) is 0 Å². The van der Waals surface area contributed by atoms with Gasteiger partial charge >= 0.3 is 0 Å². The zero-order chi connectivity index (χ0) is 13.8. The van der Waals surface area contributed by atoms with Crippen molar-refractivity contribution in [1.82, 2.24) is 0 Å². The van der Waals surface area contributed by atoms with Gasteiger partial charge in [0.2, 0.25) is 6.29 Å². The summed E-state index contributed by atoms with van der Waals surface area (Å²) in [6, 6.07) is 16.5. The highest BCUT2D eigenvalue weighted by Crippen LogP contribution is 2.44. The minimum Gasteiger partial charge on any atom is -0.319 e. The molecule has 2 atom stereocenters. The van der Waals surface area contributed by atoms with Crippen LogP contribution in [0.15, 0.2) is 48.5 Å². The van der Waals surface area contributed by atoms with Crippen molar-refractivity contribution in [3.63, 3.8) is 0 Å². The molecule has 0 radical (unpaired) electrons. The number of rotatable bonds is 0. The maximum atomic E-state index is 5.97. The Hall–Kier alpha value is -1.98. The summed E-state index contributed by atoms with van der Waals surface area (Å²) < 4.78 is 11.6. The smallest absolute Gasteiger partial charge is 0.220 e. The number of benzene rings is 3. The maximum absolute atomic E-state index is 5.97. The Morgan fingerprint density at radius 2 is 1.43 bits per heavy atom. The standard InChI is InChI=1S/C17H12O4/c1-3-10-7-8-11-4-2-6-13-15(11)14(10)12(5-1)16-18-9-19-21-17(13)20-16/h1-8,16-17H,9H2/t16-,17-/m0/s1. The van der Waals surface area contributed by atoms with E-state index in [1.807, 2.05) is 24.3 Å². The third-order valence-corrected chi connectivity index (χ3v) is 4.13. The predicted octanol–water partition coefficient (Wildman–Crippen LogP) is 3.96. The highest BCUT2D eigenvalue weighted by Gasteiger charge is 2.32. The summed E-state index contributed by atoms with van der Waals surface area (Å²) in [6.07, 6.45) is -1.07. The summed E-state index contributed by atoms with van der Waals surface area (Å²) in [7, 11) is 0. The Balaban J connectivity index is 2.01. The maximum Gasteiger partial charge on any atom is 0.220 e. The van der Waals surface area contributed by atoms with Gasteiger partial charge in [-0.2, -0.15) is 4.89 Å². The molecule has 2 bridgehead atoms. The molecule has 2 aliphatic rings. The van der Waals surface area contributed by atoms with Gasteiger partial charge in [0.15, 0.2) is 13.1 Å². The molecule has 4 nitrogen and oxygen atoms in total. The lowest BCUT2D eigenvalue weighted by atomic mass is 9.95. The van der Waals surface area contributed by atoms with Gasteiger partial charge in [-0.25, -0.2) is 4.89 Å². The van der Waals surface area contributed by atoms with Crippen molar-refractivity contribution in [2.24, 2.45) is 0 Å². The van der Waals surface area contributed by atoms with Gasteiger partial charge in [0, 0.05) is 11.1 Å². The first-order chi connectivity index (χ1) is 10.4. The van der Waals surface area contributed by atoms with E-state index in [2.05, 4.69) is 24.3 Å². The summed E-state index contributed by atoms with van der Waals surface area (Å²) in [4.78, 5) is 10.4. The molecule has 3 aromatic rings. The molecule has 21 heavy (non-hydrogen) atoms. The van der Waals surface area contributed by atoms with E-state index < -0.39 is 12.6 Å². The van der Waals surface area contributed by atoms with Crippen LogP contribution in [0.1, 0.15) is 23.7 Å². The zero-order valence-electron chi connectivity index (χ0n) is 11.1.